The number of carbonyl (C=O) groups is 1. The molecule has 0 aromatic carbocycles. The van der Waals surface area contributed by atoms with Crippen molar-refractivity contribution in [3.05, 3.63) is 17.6 Å². The average molecular weight is 333 g/mol. The molecule has 1 aromatic heterocycles. The number of piperazine rings is 1. The van der Waals surface area contributed by atoms with Crippen LogP contribution in [0.4, 0.5) is 5.82 Å². The van der Waals surface area contributed by atoms with E-state index in [0.29, 0.717) is 19.8 Å². The van der Waals surface area contributed by atoms with Crippen molar-refractivity contribution in [2.75, 3.05) is 63.9 Å². The maximum absolute atomic E-state index is 12.4. The standard InChI is InChI=1S/C17H27N5O2/c1-3-15-14(2)18-13-19-17(15)22-6-4-20(5-7-22)12-16(23)21-8-10-24-11-9-21/h13H,3-12H2,1-2H3. The average Bonchev–Trinajstić information content (AvgIpc) is 2.63. The molecule has 1 amide bonds. The van der Waals surface area contributed by atoms with Crippen LogP contribution in [0.3, 0.4) is 0 Å². The molecule has 0 unspecified atom stereocenters. The molecule has 132 valence electrons. The lowest BCUT2D eigenvalue weighted by Crippen LogP contribution is -2.52. The molecule has 3 heterocycles. The van der Waals surface area contributed by atoms with Crippen LogP contribution in [-0.2, 0) is 16.0 Å². The number of ether oxygens (including phenoxy) is 1. The molecule has 2 aliphatic rings. The highest BCUT2D eigenvalue weighted by atomic mass is 16.5. The summed E-state index contributed by atoms with van der Waals surface area (Å²) in [5.74, 6) is 1.28. The fourth-order valence-electron chi connectivity index (χ4n) is 3.40. The summed E-state index contributed by atoms with van der Waals surface area (Å²) < 4.78 is 5.31. The van der Waals surface area contributed by atoms with E-state index in [-0.39, 0.29) is 5.91 Å². The molecule has 0 atom stereocenters. The van der Waals surface area contributed by atoms with Gasteiger partial charge in [0, 0.05) is 50.5 Å². The Bertz CT molecular complexity index is 566. The minimum Gasteiger partial charge on any atom is -0.378 e. The number of carbonyl (C=O) groups excluding carboxylic acids is 1. The molecule has 7 nitrogen and oxygen atoms in total. The van der Waals surface area contributed by atoms with E-state index >= 15 is 0 Å². The van der Waals surface area contributed by atoms with E-state index in [0.717, 1.165) is 57.2 Å². The SMILES string of the molecule is CCc1c(C)ncnc1N1CCN(CC(=O)N2CCOCC2)CC1. The van der Waals surface area contributed by atoms with E-state index in [4.69, 9.17) is 4.74 Å². The number of aryl methyl sites for hydroxylation is 1. The van der Waals surface area contributed by atoms with Crippen molar-refractivity contribution < 1.29 is 9.53 Å². The summed E-state index contributed by atoms with van der Waals surface area (Å²) >= 11 is 0. The third-order valence-corrected chi connectivity index (χ3v) is 4.89. The molecule has 0 saturated carbocycles. The molecule has 3 rings (SSSR count). The Kier molecular flexibility index (Phi) is 5.63. The molecule has 24 heavy (non-hydrogen) atoms. The fourth-order valence-corrected chi connectivity index (χ4v) is 3.40. The number of rotatable bonds is 4. The van der Waals surface area contributed by atoms with Crippen LogP contribution in [0, 0.1) is 6.92 Å². The van der Waals surface area contributed by atoms with Crippen LogP contribution in [-0.4, -0.2) is 84.7 Å². The molecule has 0 radical (unpaired) electrons. The van der Waals surface area contributed by atoms with Crippen molar-refractivity contribution in [3.63, 3.8) is 0 Å². The number of nitrogens with zero attached hydrogens (tertiary/aromatic N) is 5. The van der Waals surface area contributed by atoms with E-state index in [2.05, 4.69) is 26.7 Å². The molecule has 2 aliphatic heterocycles. The quantitative estimate of drug-likeness (QED) is 0.791. The molecule has 0 bridgehead atoms. The van der Waals surface area contributed by atoms with Gasteiger partial charge in [-0.05, 0) is 13.3 Å². The zero-order valence-corrected chi connectivity index (χ0v) is 14.7. The minimum absolute atomic E-state index is 0.221. The lowest BCUT2D eigenvalue weighted by molar-refractivity contribution is -0.136. The van der Waals surface area contributed by atoms with Gasteiger partial charge in [0.1, 0.15) is 12.1 Å². The van der Waals surface area contributed by atoms with Crippen molar-refractivity contribution in [2.45, 2.75) is 20.3 Å². The first-order chi connectivity index (χ1) is 11.7. The summed E-state index contributed by atoms with van der Waals surface area (Å²) in [5, 5.41) is 0. The molecule has 2 fully saturated rings. The van der Waals surface area contributed by atoms with Crippen LogP contribution in [0.15, 0.2) is 6.33 Å². The van der Waals surface area contributed by atoms with Crippen molar-refractivity contribution in [1.82, 2.24) is 19.8 Å². The molecule has 7 heteroatoms. The molecule has 0 N–H and O–H groups in total. The molecule has 0 aliphatic carbocycles. The van der Waals surface area contributed by atoms with Gasteiger partial charge in [-0.1, -0.05) is 6.92 Å². The predicted octanol–water partition coefficient (Wildman–Crippen LogP) is 0.328. The Morgan fingerprint density at radius 3 is 2.50 bits per heavy atom. The van der Waals surface area contributed by atoms with Gasteiger partial charge in [-0.25, -0.2) is 9.97 Å². The lowest BCUT2D eigenvalue weighted by atomic mass is 10.1. The Labute approximate surface area is 143 Å². The summed E-state index contributed by atoms with van der Waals surface area (Å²) in [6.07, 6.45) is 2.59. The summed E-state index contributed by atoms with van der Waals surface area (Å²) in [6, 6.07) is 0. The summed E-state index contributed by atoms with van der Waals surface area (Å²) in [7, 11) is 0. The van der Waals surface area contributed by atoms with Gasteiger partial charge in [0.05, 0.1) is 19.8 Å². The van der Waals surface area contributed by atoms with Crippen LogP contribution in [0.1, 0.15) is 18.2 Å². The normalized spacial score (nSPS) is 19.6. The van der Waals surface area contributed by atoms with Gasteiger partial charge in [-0.15, -0.1) is 0 Å². The fraction of sp³-hybridized carbons (Fsp3) is 0.706. The van der Waals surface area contributed by atoms with Crippen LogP contribution >= 0.6 is 0 Å². The molecular weight excluding hydrogens is 306 g/mol. The Morgan fingerprint density at radius 2 is 1.83 bits per heavy atom. The Hall–Kier alpha value is -1.73. The van der Waals surface area contributed by atoms with Gasteiger partial charge >= 0.3 is 0 Å². The highest BCUT2D eigenvalue weighted by Crippen LogP contribution is 2.21. The summed E-state index contributed by atoms with van der Waals surface area (Å²) in [4.78, 5) is 27.6. The number of morpholine rings is 1. The van der Waals surface area contributed by atoms with E-state index < -0.39 is 0 Å². The number of aromatic nitrogens is 2. The lowest BCUT2D eigenvalue weighted by Gasteiger charge is -2.37. The van der Waals surface area contributed by atoms with Crippen LogP contribution in [0.25, 0.3) is 0 Å². The zero-order valence-electron chi connectivity index (χ0n) is 14.7. The van der Waals surface area contributed by atoms with Gasteiger partial charge in [0.2, 0.25) is 5.91 Å². The second-order valence-electron chi connectivity index (χ2n) is 6.37. The second kappa shape index (κ2) is 7.90. The van der Waals surface area contributed by atoms with Gasteiger partial charge in [-0.3, -0.25) is 9.69 Å². The van der Waals surface area contributed by atoms with Gasteiger partial charge in [0.15, 0.2) is 0 Å². The number of hydrogen-bond acceptors (Lipinski definition) is 6. The molecule has 2 saturated heterocycles. The van der Waals surface area contributed by atoms with Crippen molar-refractivity contribution >= 4 is 11.7 Å². The second-order valence-corrected chi connectivity index (χ2v) is 6.37. The first-order valence-electron chi connectivity index (χ1n) is 8.82. The van der Waals surface area contributed by atoms with Gasteiger partial charge in [0.25, 0.3) is 0 Å². The zero-order chi connectivity index (χ0) is 16.9. The largest absolute Gasteiger partial charge is 0.378 e. The Morgan fingerprint density at radius 1 is 1.12 bits per heavy atom. The van der Waals surface area contributed by atoms with Crippen LogP contribution < -0.4 is 4.90 Å². The third kappa shape index (κ3) is 3.84. The maximum Gasteiger partial charge on any atom is 0.236 e. The Balaban J connectivity index is 1.54. The van der Waals surface area contributed by atoms with Crippen molar-refractivity contribution in [1.29, 1.82) is 0 Å². The number of amides is 1. The van der Waals surface area contributed by atoms with Gasteiger partial charge in [-0.2, -0.15) is 0 Å². The summed E-state index contributed by atoms with van der Waals surface area (Å²) in [6.45, 7) is 11.0. The first-order valence-corrected chi connectivity index (χ1v) is 8.82. The minimum atomic E-state index is 0.221. The predicted molar refractivity (Wildman–Crippen MR) is 92.2 cm³/mol. The van der Waals surface area contributed by atoms with Gasteiger partial charge < -0.3 is 14.5 Å². The van der Waals surface area contributed by atoms with Crippen molar-refractivity contribution in [3.8, 4) is 0 Å². The number of hydrogen-bond donors (Lipinski definition) is 0. The topological polar surface area (TPSA) is 61.8 Å². The summed E-state index contributed by atoms with van der Waals surface area (Å²) in [5.41, 5.74) is 2.29. The third-order valence-electron chi connectivity index (χ3n) is 4.89. The molecule has 0 spiro atoms. The van der Waals surface area contributed by atoms with Crippen LogP contribution in [0.2, 0.25) is 0 Å². The molecular formula is C17H27N5O2. The van der Waals surface area contributed by atoms with E-state index in [1.807, 2.05) is 11.8 Å². The monoisotopic (exact) mass is 333 g/mol. The maximum atomic E-state index is 12.4. The number of anilines is 1. The van der Waals surface area contributed by atoms with Crippen molar-refractivity contribution in [2.24, 2.45) is 0 Å². The van der Waals surface area contributed by atoms with Crippen LogP contribution in [0.5, 0.6) is 0 Å². The highest BCUT2D eigenvalue weighted by Gasteiger charge is 2.24. The van der Waals surface area contributed by atoms with E-state index in [1.54, 1.807) is 6.33 Å². The first kappa shape index (κ1) is 17.1. The smallest absolute Gasteiger partial charge is 0.236 e. The highest BCUT2D eigenvalue weighted by molar-refractivity contribution is 5.78. The van der Waals surface area contributed by atoms with E-state index in [9.17, 15) is 4.79 Å². The molecule has 1 aromatic rings. The van der Waals surface area contributed by atoms with E-state index in [1.165, 1.54) is 5.56 Å².